The van der Waals surface area contributed by atoms with Gasteiger partial charge >= 0.3 is 0 Å². The summed E-state index contributed by atoms with van der Waals surface area (Å²) in [6.07, 6.45) is 0.915. The van der Waals surface area contributed by atoms with E-state index < -0.39 is 0 Å². The molecule has 0 saturated carbocycles. The summed E-state index contributed by atoms with van der Waals surface area (Å²) in [4.78, 5) is 0. The van der Waals surface area contributed by atoms with Gasteiger partial charge in [-0.3, -0.25) is 0 Å². The second-order valence-electron chi connectivity index (χ2n) is 3.92. The lowest BCUT2D eigenvalue weighted by Gasteiger charge is -2.26. The molecule has 108 valence electrons. The monoisotopic (exact) mass is 267 g/mol. The van der Waals surface area contributed by atoms with Crippen LogP contribution in [-0.2, 0) is 0 Å². The van der Waals surface area contributed by atoms with Crippen LogP contribution in [0.25, 0.3) is 0 Å². The van der Waals surface area contributed by atoms with Crippen LogP contribution in [0.3, 0.4) is 0 Å². The van der Waals surface area contributed by atoms with Crippen LogP contribution in [-0.4, -0.2) is 17.1 Å². The van der Waals surface area contributed by atoms with Crippen molar-refractivity contribution in [2.45, 2.75) is 40.2 Å². The third-order valence-corrected chi connectivity index (χ3v) is 2.77. The van der Waals surface area contributed by atoms with Gasteiger partial charge in [0, 0.05) is 11.6 Å². The summed E-state index contributed by atoms with van der Waals surface area (Å²) in [5, 5.41) is 13.1. The van der Waals surface area contributed by atoms with Crippen molar-refractivity contribution in [3.05, 3.63) is 23.8 Å². The largest absolute Gasteiger partial charge is 0.409 e. The predicted molar refractivity (Wildman–Crippen MR) is 81.1 cm³/mol. The molecule has 0 aliphatic rings. The Balaban J connectivity index is 0.00000154. The normalized spacial score (nSPS) is 12.4. The van der Waals surface area contributed by atoms with E-state index in [0.29, 0.717) is 11.3 Å². The van der Waals surface area contributed by atoms with E-state index in [1.807, 2.05) is 27.7 Å². The van der Waals surface area contributed by atoms with Crippen LogP contribution in [0.15, 0.2) is 23.4 Å². The first kappa shape index (κ1) is 17.1. The van der Waals surface area contributed by atoms with Crippen LogP contribution in [0.5, 0.6) is 0 Å². The van der Waals surface area contributed by atoms with Crippen molar-refractivity contribution < 1.29 is 5.21 Å². The Hall–Kier alpha value is -1.95. The zero-order valence-corrected chi connectivity index (χ0v) is 12.1. The van der Waals surface area contributed by atoms with E-state index in [4.69, 9.17) is 22.5 Å². The number of hydrazine groups is 1. The van der Waals surface area contributed by atoms with Gasteiger partial charge < -0.3 is 21.7 Å². The summed E-state index contributed by atoms with van der Waals surface area (Å²) in [5.41, 5.74) is 13.2. The van der Waals surface area contributed by atoms with Gasteiger partial charge in [-0.05, 0) is 31.5 Å². The van der Waals surface area contributed by atoms with Gasteiger partial charge in [-0.15, -0.1) is 0 Å². The fraction of sp³-hybridized carbons (Fsp3) is 0.462. The number of rotatable bonds is 4. The maximum atomic E-state index is 8.57. The van der Waals surface area contributed by atoms with Crippen molar-refractivity contribution in [2.24, 2.45) is 16.7 Å². The molecule has 1 aromatic carbocycles. The molecule has 0 radical (unpaired) electrons. The minimum absolute atomic E-state index is 0.0235. The zero-order valence-electron chi connectivity index (χ0n) is 12.1. The Morgan fingerprint density at radius 2 is 2.00 bits per heavy atom. The van der Waals surface area contributed by atoms with E-state index in [2.05, 4.69) is 5.16 Å². The lowest BCUT2D eigenvalue weighted by atomic mass is 10.1. The first-order valence-corrected chi connectivity index (χ1v) is 6.42. The maximum Gasteiger partial charge on any atom is 0.170 e. The SMILES string of the molecule is CC.CCC(C)N(N)c1ccc(/C(N)=N/O)cc1N. The van der Waals surface area contributed by atoms with Gasteiger partial charge in [0.25, 0.3) is 0 Å². The molecular weight excluding hydrogens is 242 g/mol. The zero-order chi connectivity index (χ0) is 15.0. The quantitative estimate of drug-likeness (QED) is 0.166. The van der Waals surface area contributed by atoms with E-state index >= 15 is 0 Å². The molecule has 1 unspecified atom stereocenters. The molecule has 0 aliphatic heterocycles. The average Bonchev–Trinajstić information content (AvgIpc) is 2.46. The van der Waals surface area contributed by atoms with Gasteiger partial charge in [0.15, 0.2) is 5.84 Å². The highest BCUT2D eigenvalue weighted by molar-refractivity contribution is 5.98. The third-order valence-electron chi connectivity index (χ3n) is 2.77. The number of oxime groups is 1. The number of hydrogen-bond donors (Lipinski definition) is 4. The van der Waals surface area contributed by atoms with Crippen LogP contribution in [0.2, 0.25) is 0 Å². The van der Waals surface area contributed by atoms with E-state index in [1.54, 1.807) is 23.2 Å². The smallest absolute Gasteiger partial charge is 0.170 e. The number of nitrogens with zero attached hydrogens (tertiary/aromatic N) is 2. The first-order valence-electron chi connectivity index (χ1n) is 6.42. The molecule has 0 aromatic heterocycles. The second-order valence-corrected chi connectivity index (χ2v) is 3.92. The van der Waals surface area contributed by atoms with Crippen LogP contribution in [0.1, 0.15) is 39.7 Å². The standard InChI is InChI=1S/C11H19N5O.C2H6/c1-3-7(2)16(14)10-5-4-8(6-9(10)12)11(13)15-17;1-2/h4-7,17H,3,12,14H2,1-2H3,(H2,13,15);1-2H3. The van der Waals surface area contributed by atoms with Crippen molar-refractivity contribution in [1.82, 2.24) is 0 Å². The van der Waals surface area contributed by atoms with Crippen molar-refractivity contribution in [3.8, 4) is 0 Å². The van der Waals surface area contributed by atoms with E-state index in [1.165, 1.54) is 0 Å². The highest BCUT2D eigenvalue weighted by Crippen LogP contribution is 2.24. The van der Waals surface area contributed by atoms with Crippen molar-refractivity contribution in [2.75, 3.05) is 10.7 Å². The van der Waals surface area contributed by atoms with E-state index in [0.717, 1.165) is 12.1 Å². The molecule has 0 bridgehead atoms. The summed E-state index contributed by atoms with van der Waals surface area (Å²) < 4.78 is 0. The lowest BCUT2D eigenvalue weighted by molar-refractivity contribution is 0.318. The summed E-state index contributed by atoms with van der Waals surface area (Å²) in [5.74, 6) is 5.97. The van der Waals surface area contributed by atoms with Crippen molar-refractivity contribution in [3.63, 3.8) is 0 Å². The Morgan fingerprint density at radius 3 is 2.42 bits per heavy atom. The molecule has 0 amide bonds. The number of nitrogen functional groups attached to an aromatic ring is 1. The molecule has 1 atom stereocenters. The van der Waals surface area contributed by atoms with Crippen molar-refractivity contribution >= 4 is 17.2 Å². The lowest BCUT2D eigenvalue weighted by Crippen LogP contribution is -2.39. The highest BCUT2D eigenvalue weighted by atomic mass is 16.4. The molecule has 1 rings (SSSR count). The molecule has 6 heteroatoms. The molecule has 0 aliphatic carbocycles. The molecule has 0 fully saturated rings. The maximum absolute atomic E-state index is 8.57. The third kappa shape index (κ3) is 4.33. The van der Waals surface area contributed by atoms with Crippen LogP contribution in [0, 0.1) is 0 Å². The van der Waals surface area contributed by atoms with E-state index in [-0.39, 0.29) is 11.9 Å². The number of anilines is 2. The molecule has 19 heavy (non-hydrogen) atoms. The average molecular weight is 267 g/mol. The van der Waals surface area contributed by atoms with Gasteiger partial charge in [-0.1, -0.05) is 25.9 Å². The number of nitrogens with two attached hydrogens (primary N) is 3. The molecule has 6 nitrogen and oxygen atoms in total. The molecule has 0 heterocycles. The van der Waals surface area contributed by atoms with Gasteiger partial charge in [-0.2, -0.15) is 0 Å². The van der Waals surface area contributed by atoms with Crippen molar-refractivity contribution in [1.29, 1.82) is 0 Å². The van der Waals surface area contributed by atoms with E-state index in [9.17, 15) is 0 Å². The Labute approximate surface area is 114 Å². The molecule has 0 saturated heterocycles. The summed E-state index contributed by atoms with van der Waals surface area (Å²) in [7, 11) is 0. The second kappa shape index (κ2) is 8.20. The molecule has 1 aromatic rings. The summed E-state index contributed by atoms with van der Waals surface area (Å²) >= 11 is 0. The van der Waals surface area contributed by atoms with Gasteiger partial charge in [-0.25, -0.2) is 5.84 Å². The minimum atomic E-state index is 0.0235. The van der Waals surface area contributed by atoms with Crippen LogP contribution >= 0.6 is 0 Å². The molecular formula is C13H25N5O. The number of benzene rings is 1. The number of amidine groups is 1. The highest BCUT2D eigenvalue weighted by Gasteiger charge is 2.12. The van der Waals surface area contributed by atoms with Gasteiger partial charge in [0.2, 0.25) is 0 Å². The Morgan fingerprint density at radius 1 is 1.42 bits per heavy atom. The Bertz CT molecular complexity index is 419. The van der Waals surface area contributed by atoms with Crippen LogP contribution < -0.4 is 22.3 Å². The summed E-state index contributed by atoms with van der Waals surface area (Å²) in [6.45, 7) is 8.06. The fourth-order valence-electron chi connectivity index (χ4n) is 1.44. The topological polar surface area (TPSA) is 114 Å². The van der Waals surface area contributed by atoms with Crippen LogP contribution in [0.4, 0.5) is 11.4 Å². The fourth-order valence-corrected chi connectivity index (χ4v) is 1.44. The summed E-state index contributed by atoms with van der Waals surface area (Å²) in [6, 6.07) is 5.29. The first-order chi connectivity index (χ1) is 9.01. The molecule has 0 spiro atoms. The molecule has 7 N–H and O–H groups in total. The predicted octanol–water partition coefficient (Wildman–Crippen LogP) is 1.87. The van der Waals surface area contributed by atoms with Gasteiger partial charge in [0.05, 0.1) is 11.4 Å². The van der Waals surface area contributed by atoms with Gasteiger partial charge in [0.1, 0.15) is 0 Å². The minimum Gasteiger partial charge on any atom is -0.409 e. The number of hydrogen-bond acceptors (Lipinski definition) is 5. The Kier molecular flexibility index (Phi) is 7.36.